The first-order valence-corrected chi connectivity index (χ1v) is 10.1. The minimum atomic E-state index is -0.869. The molecule has 1 amide bonds. The lowest BCUT2D eigenvalue weighted by Gasteiger charge is -2.31. The summed E-state index contributed by atoms with van der Waals surface area (Å²) < 4.78 is 32.2. The number of ether oxygens (including phenoxy) is 1. The van der Waals surface area contributed by atoms with Crippen LogP contribution in [0, 0.1) is 11.6 Å². The molecule has 6 nitrogen and oxygen atoms in total. The second kappa shape index (κ2) is 8.95. The molecule has 2 heterocycles. The van der Waals surface area contributed by atoms with Crippen molar-refractivity contribution in [2.45, 2.75) is 6.04 Å². The van der Waals surface area contributed by atoms with E-state index in [0.717, 1.165) is 25.2 Å². The summed E-state index contributed by atoms with van der Waals surface area (Å²) in [6.45, 7) is 3.44. The highest BCUT2D eigenvalue weighted by Crippen LogP contribution is 2.39. The molecule has 0 bridgehead atoms. The quantitative estimate of drug-likeness (QED) is 0.451. The van der Waals surface area contributed by atoms with E-state index in [-0.39, 0.29) is 23.4 Å². The number of morpholine rings is 1. The van der Waals surface area contributed by atoms with Crippen LogP contribution in [0.5, 0.6) is 0 Å². The van der Waals surface area contributed by atoms with E-state index >= 15 is 0 Å². The number of carbonyl (C=O) groups is 2. The number of Topliss-reactive ketones (excluding diaryl/α,β-unsaturated/α-hetero) is 1. The van der Waals surface area contributed by atoms with E-state index < -0.39 is 29.4 Å². The van der Waals surface area contributed by atoms with Crippen LogP contribution in [0.15, 0.2) is 54.1 Å². The number of carbonyl (C=O) groups excluding carboxylic acids is 2. The molecule has 2 aromatic carbocycles. The molecule has 2 aliphatic heterocycles. The molecule has 0 aromatic heterocycles. The highest BCUT2D eigenvalue weighted by molar-refractivity contribution is 6.46. The number of ketones is 1. The van der Waals surface area contributed by atoms with Crippen LogP contribution in [-0.4, -0.2) is 66.0 Å². The molecule has 4 rings (SSSR count). The van der Waals surface area contributed by atoms with Gasteiger partial charge in [0.05, 0.1) is 24.8 Å². The predicted molar refractivity (Wildman–Crippen MR) is 109 cm³/mol. The Balaban J connectivity index is 1.72. The van der Waals surface area contributed by atoms with Crippen molar-refractivity contribution in [3.63, 3.8) is 0 Å². The molecular weight excluding hydrogens is 406 g/mol. The summed E-state index contributed by atoms with van der Waals surface area (Å²) in [7, 11) is 0. The van der Waals surface area contributed by atoms with Crippen molar-refractivity contribution in [3.8, 4) is 0 Å². The Morgan fingerprint density at radius 2 is 1.52 bits per heavy atom. The van der Waals surface area contributed by atoms with E-state index in [2.05, 4.69) is 4.90 Å². The Bertz CT molecular complexity index is 999. The first kappa shape index (κ1) is 21.1. The van der Waals surface area contributed by atoms with Crippen molar-refractivity contribution in [3.05, 3.63) is 76.9 Å². The molecule has 1 atom stereocenters. The van der Waals surface area contributed by atoms with Gasteiger partial charge in [-0.05, 0) is 42.0 Å². The summed E-state index contributed by atoms with van der Waals surface area (Å²) in [6, 6.07) is 9.61. The number of aliphatic hydroxyl groups is 1. The van der Waals surface area contributed by atoms with Crippen molar-refractivity contribution >= 4 is 17.4 Å². The number of hydrogen-bond donors (Lipinski definition) is 1. The number of nitrogens with zero attached hydrogens (tertiary/aromatic N) is 2. The molecule has 2 aliphatic rings. The molecule has 2 saturated heterocycles. The number of halogens is 2. The number of rotatable bonds is 5. The third kappa shape index (κ3) is 4.35. The van der Waals surface area contributed by atoms with E-state index in [1.165, 1.54) is 41.3 Å². The minimum absolute atomic E-state index is 0.0924. The maximum Gasteiger partial charge on any atom is 0.295 e. The maximum absolute atomic E-state index is 13.5. The van der Waals surface area contributed by atoms with Crippen molar-refractivity contribution in [2.75, 3.05) is 39.4 Å². The van der Waals surface area contributed by atoms with Crippen molar-refractivity contribution < 1.29 is 28.2 Å². The van der Waals surface area contributed by atoms with Gasteiger partial charge in [-0.15, -0.1) is 0 Å². The largest absolute Gasteiger partial charge is 0.507 e. The second-order valence-electron chi connectivity index (χ2n) is 7.50. The van der Waals surface area contributed by atoms with Gasteiger partial charge < -0.3 is 14.7 Å². The number of amides is 1. The average molecular weight is 428 g/mol. The molecule has 8 heteroatoms. The summed E-state index contributed by atoms with van der Waals surface area (Å²) in [5.41, 5.74) is 0.635. The van der Waals surface area contributed by atoms with Gasteiger partial charge >= 0.3 is 0 Å². The summed E-state index contributed by atoms with van der Waals surface area (Å²) in [5, 5.41) is 10.9. The molecule has 0 spiro atoms. The number of hydrogen-bond acceptors (Lipinski definition) is 5. The van der Waals surface area contributed by atoms with Crippen LogP contribution in [0.25, 0.3) is 5.76 Å². The Kier molecular flexibility index (Phi) is 6.11. The Morgan fingerprint density at radius 1 is 0.935 bits per heavy atom. The van der Waals surface area contributed by atoms with Crippen LogP contribution in [0.1, 0.15) is 17.2 Å². The molecule has 2 fully saturated rings. The fraction of sp³-hybridized carbons (Fsp3) is 0.304. The van der Waals surface area contributed by atoms with Crippen LogP contribution >= 0.6 is 0 Å². The number of aliphatic hydroxyl groups excluding tert-OH is 1. The first-order chi connectivity index (χ1) is 15.0. The summed E-state index contributed by atoms with van der Waals surface area (Å²) >= 11 is 0. The minimum Gasteiger partial charge on any atom is -0.507 e. The van der Waals surface area contributed by atoms with Gasteiger partial charge in [0.25, 0.3) is 11.7 Å². The molecule has 162 valence electrons. The van der Waals surface area contributed by atoms with Crippen LogP contribution in [0.3, 0.4) is 0 Å². The Hall–Kier alpha value is -3.10. The lowest BCUT2D eigenvalue weighted by atomic mass is 9.95. The summed E-state index contributed by atoms with van der Waals surface area (Å²) in [6.07, 6.45) is 0. The predicted octanol–water partition coefficient (Wildman–Crippen LogP) is 2.72. The third-order valence-corrected chi connectivity index (χ3v) is 5.60. The lowest BCUT2D eigenvalue weighted by molar-refractivity contribution is -0.140. The molecule has 1 unspecified atom stereocenters. The smallest absolute Gasteiger partial charge is 0.295 e. The van der Waals surface area contributed by atoms with Crippen molar-refractivity contribution in [1.29, 1.82) is 0 Å². The zero-order valence-electron chi connectivity index (χ0n) is 16.8. The topological polar surface area (TPSA) is 70.1 Å². The zero-order valence-corrected chi connectivity index (χ0v) is 16.8. The molecule has 2 aromatic rings. The second-order valence-corrected chi connectivity index (χ2v) is 7.50. The number of benzene rings is 2. The maximum atomic E-state index is 13.5. The molecular formula is C23H22F2N2O4. The molecule has 0 radical (unpaired) electrons. The van der Waals surface area contributed by atoms with Gasteiger partial charge in [-0.3, -0.25) is 14.5 Å². The van der Waals surface area contributed by atoms with Gasteiger partial charge in [0.15, 0.2) is 0 Å². The SMILES string of the molecule is O=C1C(=O)N(CCN2CCOCC2)C(c2ccc(F)cc2)C1=C(O)c1ccc(F)cc1. The van der Waals surface area contributed by atoms with E-state index in [9.17, 15) is 23.5 Å². The standard InChI is InChI=1S/C23H22F2N2O4/c24-17-5-1-15(2-6-17)20-19(21(28)16-3-7-18(25)8-4-16)22(29)23(30)27(20)10-9-26-11-13-31-14-12-26/h1-8,20,28H,9-14H2. The van der Waals surface area contributed by atoms with Crippen LogP contribution < -0.4 is 0 Å². The van der Waals surface area contributed by atoms with Gasteiger partial charge in [0, 0.05) is 31.7 Å². The normalized spacial score (nSPS) is 21.6. The Morgan fingerprint density at radius 3 is 2.13 bits per heavy atom. The molecule has 31 heavy (non-hydrogen) atoms. The fourth-order valence-corrected chi connectivity index (χ4v) is 3.94. The van der Waals surface area contributed by atoms with Gasteiger partial charge in [-0.1, -0.05) is 12.1 Å². The summed E-state index contributed by atoms with van der Waals surface area (Å²) in [5.74, 6) is -2.88. The molecule has 0 aliphatic carbocycles. The van der Waals surface area contributed by atoms with Gasteiger partial charge in [0.2, 0.25) is 0 Å². The highest BCUT2D eigenvalue weighted by atomic mass is 19.1. The van der Waals surface area contributed by atoms with Crippen LogP contribution in [0.4, 0.5) is 8.78 Å². The molecule has 1 N–H and O–H groups in total. The third-order valence-electron chi connectivity index (χ3n) is 5.60. The van der Waals surface area contributed by atoms with Gasteiger partial charge in [-0.25, -0.2) is 8.78 Å². The zero-order chi connectivity index (χ0) is 22.0. The van der Waals surface area contributed by atoms with E-state index in [1.807, 2.05) is 0 Å². The van der Waals surface area contributed by atoms with E-state index in [4.69, 9.17) is 4.74 Å². The Labute approximate surface area is 178 Å². The lowest BCUT2D eigenvalue weighted by Crippen LogP contribution is -2.42. The monoisotopic (exact) mass is 428 g/mol. The van der Waals surface area contributed by atoms with E-state index in [1.54, 1.807) is 0 Å². The van der Waals surface area contributed by atoms with Crippen LogP contribution in [0.2, 0.25) is 0 Å². The van der Waals surface area contributed by atoms with Crippen LogP contribution in [-0.2, 0) is 14.3 Å². The van der Waals surface area contributed by atoms with Gasteiger partial charge in [-0.2, -0.15) is 0 Å². The number of likely N-dealkylation sites (tertiary alicyclic amines) is 1. The first-order valence-electron chi connectivity index (χ1n) is 10.1. The van der Waals surface area contributed by atoms with Crippen molar-refractivity contribution in [2.24, 2.45) is 0 Å². The summed E-state index contributed by atoms with van der Waals surface area (Å²) in [4.78, 5) is 29.3. The van der Waals surface area contributed by atoms with E-state index in [0.29, 0.717) is 25.3 Å². The average Bonchev–Trinajstić information content (AvgIpc) is 3.04. The highest BCUT2D eigenvalue weighted by Gasteiger charge is 2.46. The van der Waals surface area contributed by atoms with Gasteiger partial charge in [0.1, 0.15) is 17.4 Å². The fourth-order valence-electron chi connectivity index (χ4n) is 3.94. The van der Waals surface area contributed by atoms with Crippen molar-refractivity contribution in [1.82, 2.24) is 9.80 Å². The molecule has 0 saturated carbocycles.